The van der Waals surface area contributed by atoms with Gasteiger partial charge in [0.1, 0.15) is 0 Å². The van der Waals surface area contributed by atoms with E-state index in [-0.39, 0.29) is 18.0 Å². The van der Waals surface area contributed by atoms with Crippen molar-refractivity contribution in [2.45, 2.75) is 99.0 Å². The Morgan fingerprint density at radius 3 is 1.49 bits per heavy atom. The van der Waals surface area contributed by atoms with Gasteiger partial charge in [0.15, 0.2) is 0 Å². The summed E-state index contributed by atoms with van der Waals surface area (Å²) in [4.78, 5) is 14.5. The second-order valence-corrected chi connectivity index (χ2v) is 11.8. The highest BCUT2D eigenvalue weighted by molar-refractivity contribution is 5.85. The molecule has 1 aliphatic heterocycles. The van der Waals surface area contributed by atoms with Gasteiger partial charge in [-0.25, -0.2) is 0 Å². The molecule has 0 aromatic heterocycles. The molecule has 0 aliphatic carbocycles. The highest BCUT2D eigenvalue weighted by Gasteiger charge is 2.95. The number of benzene rings is 2. The smallest absolute Gasteiger partial charge is 0.319 e. The molecule has 1 atom stereocenters. The van der Waals surface area contributed by atoms with Crippen LogP contribution in [0.5, 0.6) is 0 Å². The van der Waals surface area contributed by atoms with E-state index < -0.39 is 72.2 Å². The van der Waals surface area contributed by atoms with Crippen molar-refractivity contribution in [2.75, 3.05) is 0 Å². The second-order valence-electron chi connectivity index (χ2n) is 11.8. The van der Waals surface area contributed by atoms with Crippen LogP contribution >= 0.6 is 0 Å². The predicted octanol–water partition coefficient (Wildman–Crippen LogP) is 8.91. The van der Waals surface area contributed by atoms with Crippen molar-refractivity contribution in [1.29, 1.82) is 0 Å². The van der Waals surface area contributed by atoms with E-state index in [2.05, 4.69) is 5.32 Å². The molecule has 49 heavy (non-hydrogen) atoms. The monoisotopic (exact) mass is 740 g/mol. The molecule has 1 amide bonds. The highest BCUT2D eigenvalue weighted by Crippen LogP contribution is 2.64. The largest absolute Gasteiger partial charge is 0.460 e. The third-order valence-electron chi connectivity index (χ3n) is 7.93. The lowest BCUT2D eigenvalue weighted by atomic mass is 9.87. The van der Waals surface area contributed by atoms with Gasteiger partial charge in [0, 0.05) is 13.0 Å². The Hall–Kier alpha value is -3.32. The number of carbonyl (C=O) groups is 1. The maximum Gasteiger partial charge on any atom is 0.460 e. The molecule has 1 heterocycles. The first-order valence-corrected chi connectivity index (χ1v) is 13.8. The number of carbonyl (C=O) groups excluding carboxylic acids is 1. The zero-order valence-corrected chi connectivity index (χ0v) is 24.9. The van der Waals surface area contributed by atoms with Crippen LogP contribution < -0.4 is 5.32 Å². The van der Waals surface area contributed by atoms with Crippen LogP contribution in [0.25, 0.3) is 0 Å². The van der Waals surface area contributed by atoms with Crippen LogP contribution in [0.4, 0.5) is 74.6 Å². The van der Waals surface area contributed by atoms with Gasteiger partial charge in [-0.15, -0.1) is 0 Å². The Morgan fingerprint density at radius 1 is 0.592 bits per heavy atom. The molecular weight excluding hydrogens is 715 g/mol. The van der Waals surface area contributed by atoms with Gasteiger partial charge in [-0.3, -0.25) is 10.1 Å². The van der Waals surface area contributed by atoms with E-state index in [1.54, 1.807) is 44.2 Å². The Kier molecular flexibility index (Phi) is 10.2. The Bertz CT molecular complexity index is 1470. The fourth-order valence-electron chi connectivity index (χ4n) is 4.94. The van der Waals surface area contributed by atoms with E-state index >= 15 is 0 Å². The van der Waals surface area contributed by atoms with Gasteiger partial charge < -0.3 is 4.90 Å². The van der Waals surface area contributed by atoms with Crippen LogP contribution in [0.3, 0.4) is 0 Å². The maximum atomic E-state index is 14.3. The van der Waals surface area contributed by atoms with Crippen LogP contribution in [0.2, 0.25) is 0 Å². The number of hydrogen-bond acceptors (Lipinski definition) is 2. The lowest BCUT2D eigenvalue weighted by Crippen LogP contribution is -2.74. The molecule has 3 rings (SSSR count). The molecule has 1 N–H and O–H groups in total. The Morgan fingerprint density at radius 2 is 1.02 bits per heavy atom. The number of nitrogens with one attached hydrogen (secondary N) is 1. The quantitative estimate of drug-likeness (QED) is 0.208. The fraction of sp³-hybridized carbons (Fsp3) is 0.552. The van der Waals surface area contributed by atoms with Gasteiger partial charge in [0.25, 0.3) is 0 Å². The number of aryl methyl sites for hydroxylation is 1. The molecule has 0 spiro atoms. The van der Waals surface area contributed by atoms with Crippen LogP contribution in [0.1, 0.15) is 37.0 Å². The first-order chi connectivity index (χ1) is 21.9. The number of halogens is 17. The molecule has 276 valence electrons. The average Bonchev–Trinajstić information content (AvgIpc) is 3.18. The number of nitrogens with zero attached hydrogens (tertiary/aromatic N) is 1. The topological polar surface area (TPSA) is 32.3 Å². The Labute approximate surface area is 266 Å². The van der Waals surface area contributed by atoms with Crippen LogP contribution in [0, 0.1) is 0 Å². The van der Waals surface area contributed by atoms with E-state index in [4.69, 9.17) is 0 Å². The van der Waals surface area contributed by atoms with Crippen molar-refractivity contribution >= 4 is 5.91 Å². The standard InChI is InChI=1S/C29H25F17N2O/c1-21(2)47-19(14-17-6-4-3-5-7-17)20(49)48(21)15-18-10-8-16(9-11-18)12-13-22(30,31)23(32,33)24(34,35)25(36,37)26(38,39)27(40,41)28(42,43)29(44,45)46/h3-11,19,47H,12-15H2,1-2H3/t19-/m0/s1. The van der Waals surface area contributed by atoms with Gasteiger partial charge in [-0.1, -0.05) is 54.6 Å². The molecule has 20 heteroatoms. The molecule has 0 bridgehead atoms. The summed E-state index contributed by atoms with van der Waals surface area (Å²) in [6, 6.07) is 12.6. The summed E-state index contributed by atoms with van der Waals surface area (Å²) < 4.78 is 230. The summed E-state index contributed by atoms with van der Waals surface area (Å²) in [7, 11) is 0. The van der Waals surface area contributed by atoms with Gasteiger partial charge >= 0.3 is 47.6 Å². The molecule has 0 saturated carbocycles. The minimum Gasteiger partial charge on any atom is -0.319 e. The van der Waals surface area contributed by atoms with Gasteiger partial charge in [0.2, 0.25) is 5.91 Å². The number of alkyl halides is 17. The summed E-state index contributed by atoms with van der Waals surface area (Å²) >= 11 is 0. The number of hydrogen-bond donors (Lipinski definition) is 1. The molecule has 0 radical (unpaired) electrons. The van der Waals surface area contributed by atoms with Crippen molar-refractivity contribution in [3.8, 4) is 0 Å². The number of rotatable bonds is 13. The van der Waals surface area contributed by atoms with E-state index in [0.717, 1.165) is 17.7 Å². The molecule has 1 aliphatic rings. The van der Waals surface area contributed by atoms with E-state index in [1.807, 2.05) is 0 Å². The van der Waals surface area contributed by atoms with Crippen LogP contribution in [-0.4, -0.2) is 70.1 Å². The third kappa shape index (κ3) is 6.64. The number of amides is 1. The first kappa shape index (κ1) is 40.1. The minimum absolute atomic E-state index is 0.0911. The van der Waals surface area contributed by atoms with Gasteiger partial charge in [-0.05, 0) is 43.4 Å². The van der Waals surface area contributed by atoms with Crippen molar-refractivity contribution in [2.24, 2.45) is 0 Å². The third-order valence-corrected chi connectivity index (χ3v) is 7.93. The minimum atomic E-state index is -8.65. The molecule has 1 fully saturated rings. The average molecular weight is 740 g/mol. The zero-order valence-electron chi connectivity index (χ0n) is 24.9. The summed E-state index contributed by atoms with van der Waals surface area (Å²) in [6.45, 7) is 3.25. The molecular formula is C29H25F17N2O. The molecule has 2 aromatic rings. The predicted molar refractivity (Wildman–Crippen MR) is 137 cm³/mol. The van der Waals surface area contributed by atoms with E-state index in [0.29, 0.717) is 12.0 Å². The van der Waals surface area contributed by atoms with Gasteiger partial charge in [-0.2, -0.15) is 74.6 Å². The summed E-state index contributed by atoms with van der Waals surface area (Å²) in [6.07, 6.45) is -11.4. The molecule has 3 nitrogen and oxygen atoms in total. The zero-order chi connectivity index (χ0) is 37.9. The van der Waals surface area contributed by atoms with Crippen LogP contribution in [-0.2, 0) is 24.2 Å². The first-order valence-electron chi connectivity index (χ1n) is 13.8. The summed E-state index contributed by atoms with van der Waals surface area (Å²) in [5.41, 5.74) is -0.106. The van der Waals surface area contributed by atoms with Crippen molar-refractivity contribution in [3.05, 3.63) is 71.3 Å². The molecule has 0 unspecified atom stereocenters. The maximum absolute atomic E-state index is 14.3. The second kappa shape index (κ2) is 12.5. The highest BCUT2D eigenvalue weighted by atomic mass is 19.4. The van der Waals surface area contributed by atoms with Gasteiger partial charge in [0.05, 0.1) is 11.7 Å². The summed E-state index contributed by atoms with van der Waals surface area (Å²) in [5.74, 6) is -56.8. The summed E-state index contributed by atoms with van der Waals surface area (Å²) in [5, 5.41) is 3.15. The SMILES string of the molecule is CC1(C)N[C@@H](Cc2ccccc2)C(=O)N1Cc1ccc(CCC(F)(F)C(F)(F)C(F)(F)C(F)(F)C(F)(F)C(F)(F)C(F)(F)C(F)(F)F)cc1. The van der Waals surface area contributed by atoms with E-state index in [9.17, 15) is 79.4 Å². The van der Waals surface area contributed by atoms with Crippen molar-refractivity contribution < 1.29 is 79.4 Å². The van der Waals surface area contributed by atoms with Crippen molar-refractivity contribution in [3.63, 3.8) is 0 Å². The lowest BCUT2D eigenvalue weighted by molar-refractivity contribution is -0.461. The van der Waals surface area contributed by atoms with E-state index in [1.165, 1.54) is 17.0 Å². The normalized spacial score (nSPS) is 18.7. The molecule has 1 saturated heterocycles. The fourth-order valence-corrected chi connectivity index (χ4v) is 4.94. The van der Waals surface area contributed by atoms with Crippen LogP contribution in [0.15, 0.2) is 54.6 Å². The molecule has 2 aromatic carbocycles. The van der Waals surface area contributed by atoms with Crippen molar-refractivity contribution in [1.82, 2.24) is 10.2 Å². The lowest BCUT2D eigenvalue weighted by Gasteiger charge is -2.42. The Balaban J connectivity index is 1.76.